The maximum atomic E-state index is 12.7. The van der Waals surface area contributed by atoms with E-state index < -0.39 is 0 Å². The molecular weight excluding hydrogens is 240 g/mol. The highest BCUT2D eigenvalue weighted by atomic mass is 16.2. The van der Waals surface area contributed by atoms with Crippen molar-refractivity contribution in [3.05, 3.63) is 0 Å². The van der Waals surface area contributed by atoms with Crippen LogP contribution in [0.5, 0.6) is 0 Å². The first-order chi connectivity index (χ1) is 9.04. The summed E-state index contributed by atoms with van der Waals surface area (Å²) in [7, 11) is 0. The second kappa shape index (κ2) is 4.50. The lowest BCUT2D eigenvalue weighted by molar-refractivity contribution is -0.152. The van der Waals surface area contributed by atoms with E-state index in [2.05, 4.69) is 12.2 Å². The predicted octanol–water partition coefficient (Wildman–Crippen LogP) is 1.69. The maximum Gasteiger partial charge on any atom is 0.246 e. The molecule has 0 bridgehead atoms. The lowest BCUT2D eigenvalue weighted by Crippen LogP contribution is -2.65. The molecule has 2 amide bonds. The fourth-order valence-corrected chi connectivity index (χ4v) is 3.48. The van der Waals surface area contributed by atoms with Crippen molar-refractivity contribution < 1.29 is 9.59 Å². The minimum atomic E-state index is -0.250. The van der Waals surface area contributed by atoms with Crippen LogP contribution < -0.4 is 5.32 Å². The Kier molecular flexibility index (Phi) is 3.06. The van der Waals surface area contributed by atoms with Gasteiger partial charge in [-0.1, -0.05) is 20.3 Å². The predicted molar refractivity (Wildman–Crippen MR) is 72.4 cm³/mol. The summed E-state index contributed by atoms with van der Waals surface area (Å²) < 4.78 is 0. The van der Waals surface area contributed by atoms with E-state index in [1.54, 1.807) is 0 Å². The number of piperazine rings is 1. The highest BCUT2D eigenvalue weighted by molar-refractivity contribution is 5.97. The van der Waals surface area contributed by atoms with Crippen molar-refractivity contribution in [3.8, 4) is 0 Å². The number of hydrogen-bond acceptors (Lipinski definition) is 2. The molecule has 3 aliphatic rings. The van der Waals surface area contributed by atoms with E-state index in [1.807, 2.05) is 11.8 Å². The molecule has 106 valence electrons. The van der Waals surface area contributed by atoms with Crippen LogP contribution in [0, 0.1) is 11.3 Å². The number of amides is 2. The lowest BCUT2D eigenvalue weighted by Gasteiger charge is -2.47. The largest absolute Gasteiger partial charge is 0.342 e. The lowest BCUT2D eigenvalue weighted by atomic mass is 9.70. The van der Waals surface area contributed by atoms with Crippen molar-refractivity contribution in [3.63, 3.8) is 0 Å². The van der Waals surface area contributed by atoms with Crippen molar-refractivity contribution in [2.75, 3.05) is 6.54 Å². The smallest absolute Gasteiger partial charge is 0.246 e. The Morgan fingerprint density at radius 1 is 1.32 bits per heavy atom. The Bertz CT molecular complexity index is 399. The number of carbonyl (C=O) groups is 2. The zero-order valence-electron chi connectivity index (χ0n) is 11.9. The third-order valence-corrected chi connectivity index (χ3v) is 5.12. The van der Waals surface area contributed by atoms with Crippen molar-refractivity contribution in [1.82, 2.24) is 10.2 Å². The van der Waals surface area contributed by atoms with E-state index in [0.29, 0.717) is 12.3 Å². The number of rotatable bonds is 4. The molecule has 0 spiro atoms. The molecule has 2 atom stereocenters. The summed E-state index contributed by atoms with van der Waals surface area (Å²) in [5.74, 6) is 0.620. The summed E-state index contributed by atoms with van der Waals surface area (Å²) in [6.45, 7) is 5.00. The van der Waals surface area contributed by atoms with Gasteiger partial charge < -0.3 is 10.2 Å². The summed E-state index contributed by atoms with van der Waals surface area (Å²) in [6.07, 6.45) is 6.50. The van der Waals surface area contributed by atoms with Gasteiger partial charge in [0.1, 0.15) is 12.1 Å². The van der Waals surface area contributed by atoms with Crippen LogP contribution in [0.4, 0.5) is 0 Å². The molecule has 1 saturated heterocycles. The van der Waals surface area contributed by atoms with Crippen LogP contribution in [-0.2, 0) is 9.59 Å². The third-order valence-electron chi connectivity index (χ3n) is 5.12. The summed E-state index contributed by atoms with van der Waals surface area (Å²) >= 11 is 0. The van der Waals surface area contributed by atoms with Gasteiger partial charge in [0.15, 0.2) is 0 Å². The quantitative estimate of drug-likeness (QED) is 0.840. The van der Waals surface area contributed by atoms with Crippen LogP contribution in [-0.4, -0.2) is 35.3 Å². The van der Waals surface area contributed by atoms with E-state index in [-0.39, 0.29) is 29.3 Å². The van der Waals surface area contributed by atoms with Gasteiger partial charge in [0.05, 0.1) is 0 Å². The van der Waals surface area contributed by atoms with Gasteiger partial charge in [0.2, 0.25) is 11.8 Å². The zero-order chi connectivity index (χ0) is 13.6. The fourth-order valence-electron chi connectivity index (χ4n) is 3.48. The van der Waals surface area contributed by atoms with Crippen LogP contribution >= 0.6 is 0 Å². The molecule has 3 rings (SSSR count). The zero-order valence-corrected chi connectivity index (χ0v) is 11.9. The monoisotopic (exact) mass is 264 g/mol. The number of carbonyl (C=O) groups excluding carboxylic acids is 2. The summed E-state index contributed by atoms with van der Waals surface area (Å²) in [4.78, 5) is 26.8. The van der Waals surface area contributed by atoms with Crippen LogP contribution in [0.25, 0.3) is 0 Å². The number of nitrogens with one attached hydrogen (secondary N) is 1. The molecule has 0 aromatic carbocycles. The minimum absolute atomic E-state index is 0.0573. The van der Waals surface area contributed by atoms with Gasteiger partial charge in [-0.2, -0.15) is 0 Å². The number of hydrogen-bond donors (Lipinski definition) is 1. The highest BCUT2D eigenvalue weighted by Gasteiger charge is 2.48. The van der Waals surface area contributed by atoms with E-state index in [0.717, 1.165) is 19.4 Å². The molecule has 0 aromatic rings. The molecule has 2 unspecified atom stereocenters. The maximum absolute atomic E-state index is 12.7. The van der Waals surface area contributed by atoms with Crippen LogP contribution in [0.15, 0.2) is 0 Å². The Morgan fingerprint density at radius 2 is 2.00 bits per heavy atom. The van der Waals surface area contributed by atoms with E-state index in [1.165, 1.54) is 19.3 Å². The molecule has 2 saturated carbocycles. The second-order valence-electron chi connectivity index (χ2n) is 6.88. The molecule has 4 nitrogen and oxygen atoms in total. The highest BCUT2D eigenvalue weighted by Crippen LogP contribution is 2.42. The second-order valence-corrected chi connectivity index (χ2v) is 6.88. The van der Waals surface area contributed by atoms with Crippen LogP contribution in [0.2, 0.25) is 0 Å². The number of nitrogens with zero attached hydrogens (tertiary/aromatic N) is 1. The molecule has 0 radical (unpaired) electrons. The fraction of sp³-hybridized carbons (Fsp3) is 0.867. The molecule has 1 aliphatic heterocycles. The van der Waals surface area contributed by atoms with Gasteiger partial charge in [-0.05, 0) is 43.4 Å². The van der Waals surface area contributed by atoms with Gasteiger partial charge >= 0.3 is 0 Å². The standard InChI is InChI=1S/C15H24N2O2/c1-3-11-13(18)16-12(10-5-6-10)14(19)17(11)9-15(2)7-4-8-15/h10-12H,3-9H2,1-2H3,(H,16,18). The van der Waals surface area contributed by atoms with E-state index in [4.69, 9.17) is 0 Å². The first-order valence-corrected chi connectivity index (χ1v) is 7.65. The summed E-state index contributed by atoms with van der Waals surface area (Å²) in [6, 6.07) is -0.487. The average Bonchev–Trinajstić information content (AvgIpc) is 3.15. The summed E-state index contributed by atoms with van der Waals surface area (Å²) in [5.41, 5.74) is 0.245. The van der Waals surface area contributed by atoms with Crippen molar-refractivity contribution in [2.24, 2.45) is 11.3 Å². The molecular formula is C15H24N2O2. The average molecular weight is 264 g/mol. The molecule has 0 aromatic heterocycles. The molecule has 1 N–H and O–H groups in total. The molecule has 2 aliphatic carbocycles. The molecule has 3 fully saturated rings. The Morgan fingerprint density at radius 3 is 2.47 bits per heavy atom. The first-order valence-electron chi connectivity index (χ1n) is 7.65. The minimum Gasteiger partial charge on any atom is -0.342 e. The molecule has 1 heterocycles. The SMILES string of the molecule is CCC1C(=O)NC(C2CC2)C(=O)N1CC1(C)CCC1. The van der Waals surface area contributed by atoms with E-state index in [9.17, 15) is 9.59 Å². The Hall–Kier alpha value is -1.06. The van der Waals surface area contributed by atoms with Crippen molar-refractivity contribution >= 4 is 11.8 Å². The summed E-state index contributed by atoms with van der Waals surface area (Å²) in [5, 5.41) is 2.95. The van der Waals surface area contributed by atoms with Gasteiger partial charge in [-0.3, -0.25) is 9.59 Å². The van der Waals surface area contributed by atoms with Gasteiger partial charge in [-0.25, -0.2) is 0 Å². The Balaban J connectivity index is 1.78. The van der Waals surface area contributed by atoms with Crippen molar-refractivity contribution in [1.29, 1.82) is 0 Å². The topological polar surface area (TPSA) is 49.4 Å². The molecule has 4 heteroatoms. The normalized spacial score (nSPS) is 33.9. The van der Waals surface area contributed by atoms with Gasteiger partial charge in [0.25, 0.3) is 0 Å². The van der Waals surface area contributed by atoms with Gasteiger partial charge in [-0.15, -0.1) is 0 Å². The first kappa shape index (κ1) is 12.9. The van der Waals surface area contributed by atoms with Gasteiger partial charge in [0, 0.05) is 6.54 Å². The Labute approximate surface area is 114 Å². The molecule has 19 heavy (non-hydrogen) atoms. The van der Waals surface area contributed by atoms with Crippen LogP contribution in [0.3, 0.4) is 0 Å². The van der Waals surface area contributed by atoms with Crippen molar-refractivity contribution in [2.45, 2.75) is 64.5 Å². The van der Waals surface area contributed by atoms with Crippen LogP contribution in [0.1, 0.15) is 52.4 Å². The van der Waals surface area contributed by atoms with E-state index >= 15 is 0 Å². The third kappa shape index (κ3) is 2.26.